The first kappa shape index (κ1) is 12.7. The Bertz CT molecular complexity index is 431. The molecule has 0 aromatic carbocycles. The first-order chi connectivity index (χ1) is 7.36. The minimum Gasteiger partial charge on any atom is -0.347 e. The third kappa shape index (κ3) is 3.32. The number of aromatic nitrogens is 1. The highest BCUT2D eigenvalue weighted by Crippen LogP contribution is 2.07. The van der Waals surface area contributed by atoms with Crippen molar-refractivity contribution < 1.29 is 4.79 Å². The lowest BCUT2D eigenvalue weighted by molar-refractivity contribution is 0.0951. The molecule has 3 nitrogen and oxygen atoms in total. The summed E-state index contributed by atoms with van der Waals surface area (Å²) >= 11 is 1.63. The van der Waals surface area contributed by atoms with E-state index in [2.05, 4.69) is 10.3 Å². The van der Waals surface area contributed by atoms with Crippen molar-refractivity contribution in [3.05, 3.63) is 52.5 Å². The van der Waals surface area contributed by atoms with Crippen molar-refractivity contribution in [3.8, 4) is 0 Å². The Morgan fingerprint density at radius 1 is 1.31 bits per heavy atom. The van der Waals surface area contributed by atoms with Crippen LogP contribution in [0.5, 0.6) is 0 Å². The van der Waals surface area contributed by atoms with Gasteiger partial charge in [0.05, 0.1) is 6.54 Å². The number of thiophene rings is 1. The molecule has 0 unspecified atom stereocenters. The minimum atomic E-state index is -0.0641. The van der Waals surface area contributed by atoms with E-state index in [-0.39, 0.29) is 18.3 Å². The second-order valence-corrected chi connectivity index (χ2v) is 4.03. The summed E-state index contributed by atoms with van der Waals surface area (Å²) in [5.41, 5.74) is 0.640. The molecule has 2 aromatic rings. The molecule has 2 heterocycles. The van der Waals surface area contributed by atoms with E-state index in [9.17, 15) is 4.79 Å². The van der Waals surface area contributed by atoms with E-state index in [1.54, 1.807) is 35.9 Å². The molecule has 84 valence electrons. The Morgan fingerprint density at radius 2 is 2.06 bits per heavy atom. The van der Waals surface area contributed by atoms with E-state index in [0.29, 0.717) is 12.1 Å². The average Bonchev–Trinajstić information content (AvgIpc) is 2.80. The molecule has 0 spiro atoms. The van der Waals surface area contributed by atoms with Crippen molar-refractivity contribution in [2.75, 3.05) is 0 Å². The maximum Gasteiger partial charge on any atom is 0.251 e. The summed E-state index contributed by atoms with van der Waals surface area (Å²) in [6, 6.07) is 7.36. The normalized spacial score (nSPS) is 9.25. The van der Waals surface area contributed by atoms with Crippen LogP contribution < -0.4 is 5.32 Å². The fourth-order valence-electron chi connectivity index (χ4n) is 1.19. The SMILES string of the molecule is Cl.O=C(NCc1cccs1)c1ccncc1. The lowest BCUT2D eigenvalue weighted by atomic mass is 10.2. The van der Waals surface area contributed by atoms with Gasteiger partial charge in [0.25, 0.3) is 5.91 Å². The van der Waals surface area contributed by atoms with Gasteiger partial charge in [-0.2, -0.15) is 0 Å². The number of amides is 1. The van der Waals surface area contributed by atoms with Crippen LogP contribution in [0.25, 0.3) is 0 Å². The summed E-state index contributed by atoms with van der Waals surface area (Å²) in [6.07, 6.45) is 3.22. The van der Waals surface area contributed by atoms with Gasteiger partial charge in [-0.25, -0.2) is 0 Å². The van der Waals surface area contributed by atoms with Gasteiger partial charge in [-0.05, 0) is 23.6 Å². The summed E-state index contributed by atoms with van der Waals surface area (Å²) in [5, 5.41) is 4.84. The number of hydrogen-bond donors (Lipinski definition) is 1. The molecule has 0 atom stereocenters. The van der Waals surface area contributed by atoms with Gasteiger partial charge in [-0.1, -0.05) is 6.07 Å². The van der Waals surface area contributed by atoms with Gasteiger partial charge in [-0.3, -0.25) is 9.78 Å². The topological polar surface area (TPSA) is 42.0 Å². The first-order valence-electron chi connectivity index (χ1n) is 4.57. The van der Waals surface area contributed by atoms with E-state index < -0.39 is 0 Å². The monoisotopic (exact) mass is 254 g/mol. The predicted octanol–water partition coefficient (Wildman–Crippen LogP) is 2.49. The lowest BCUT2D eigenvalue weighted by Gasteiger charge is -2.02. The van der Waals surface area contributed by atoms with Crippen molar-refractivity contribution in [2.24, 2.45) is 0 Å². The van der Waals surface area contributed by atoms with Crippen LogP contribution in [0.4, 0.5) is 0 Å². The molecule has 2 rings (SSSR count). The van der Waals surface area contributed by atoms with Gasteiger partial charge in [-0.15, -0.1) is 23.7 Å². The molecule has 16 heavy (non-hydrogen) atoms. The second-order valence-electron chi connectivity index (χ2n) is 3.00. The lowest BCUT2D eigenvalue weighted by Crippen LogP contribution is -2.22. The summed E-state index contributed by atoms with van der Waals surface area (Å²) in [4.78, 5) is 16.6. The highest BCUT2D eigenvalue weighted by molar-refractivity contribution is 7.09. The van der Waals surface area contributed by atoms with Crippen LogP contribution in [0.2, 0.25) is 0 Å². The van der Waals surface area contributed by atoms with Crippen LogP contribution in [0.3, 0.4) is 0 Å². The van der Waals surface area contributed by atoms with Gasteiger partial charge in [0.2, 0.25) is 0 Å². The smallest absolute Gasteiger partial charge is 0.251 e. The number of hydrogen-bond acceptors (Lipinski definition) is 3. The number of halogens is 1. The van der Waals surface area contributed by atoms with E-state index in [0.717, 1.165) is 4.88 Å². The maximum absolute atomic E-state index is 11.6. The zero-order valence-corrected chi connectivity index (χ0v) is 10.1. The molecule has 0 fully saturated rings. The van der Waals surface area contributed by atoms with Gasteiger partial charge in [0, 0.05) is 22.8 Å². The Kier molecular flexibility index (Phi) is 4.95. The molecule has 1 amide bonds. The number of pyridine rings is 1. The summed E-state index contributed by atoms with van der Waals surface area (Å²) in [7, 11) is 0. The van der Waals surface area contributed by atoms with Crippen molar-refractivity contribution in [1.82, 2.24) is 10.3 Å². The van der Waals surface area contributed by atoms with Crippen LogP contribution in [-0.2, 0) is 6.54 Å². The van der Waals surface area contributed by atoms with Crippen LogP contribution in [0.15, 0.2) is 42.0 Å². The molecule has 0 radical (unpaired) electrons. The fraction of sp³-hybridized carbons (Fsp3) is 0.0909. The van der Waals surface area contributed by atoms with E-state index in [1.807, 2.05) is 17.5 Å². The summed E-state index contributed by atoms with van der Waals surface area (Å²) in [5.74, 6) is -0.0641. The van der Waals surface area contributed by atoms with E-state index in [1.165, 1.54) is 0 Å². The largest absolute Gasteiger partial charge is 0.347 e. The zero-order chi connectivity index (χ0) is 10.5. The molecule has 0 aliphatic heterocycles. The molecule has 5 heteroatoms. The van der Waals surface area contributed by atoms with Crippen LogP contribution >= 0.6 is 23.7 Å². The molecule has 1 N–H and O–H groups in total. The zero-order valence-electron chi connectivity index (χ0n) is 8.42. The van der Waals surface area contributed by atoms with Gasteiger partial charge < -0.3 is 5.32 Å². The summed E-state index contributed by atoms with van der Waals surface area (Å²) in [6.45, 7) is 0.582. The van der Waals surface area contributed by atoms with Crippen LogP contribution in [0, 0.1) is 0 Å². The molecule has 0 aliphatic carbocycles. The molecule has 0 bridgehead atoms. The Morgan fingerprint density at radius 3 is 2.69 bits per heavy atom. The van der Waals surface area contributed by atoms with Crippen molar-refractivity contribution in [2.45, 2.75) is 6.54 Å². The number of rotatable bonds is 3. The Labute approximate surface area is 104 Å². The van der Waals surface area contributed by atoms with Crippen molar-refractivity contribution in [3.63, 3.8) is 0 Å². The Hall–Kier alpha value is -1.39. The van der Waals surface area contributed by atoms with E-state index >= 15 is 0 Å². The maximum atomic E-state index is 11.6. The standard InChI is InChI=1S/C11H10N2OS.ClH/c14-11(9-3-5-12-6-4-9)13-8-10-2-1-7-15-10;/h1-7H,8H2,(H,13,14);1H. The molecule has 0 saturated heterocycles. The highest BCUT2D eigenvalue weighted by atomic mass is 35.5. The third-order valence-corrected chi connectivity index (χ3v) is 2.82. The number of nitrogens with one attached hydrogen (secondary N) is 1. The first-order valence-corrected chi connectivity index (χ1v) is 5.45. The van der Waals surface area contributed by atoms with Crippen LogP contribution in [0.1, 0.15) is 15.2 Å². The third-order valence-electron chi connectivity index (χ3n) is 1.95. The van der Waals surface area contributed by atoms with Crippen molar-refractivity contribution >= 4 is 29.7 Å². The quantitative estimate of drug-likeness (QED) is 0.915. The number of nitrogens with zero attached hydrogens (tertiary/aromatic N) is 1. The van der Waals surface area contributed by atoms with Crippen LogP contribution in [-0.4, -0.2) is 10.9 Å². The van der Waals surface area contributed by atoms with Gasteiger partial charge >= 0.3 is 0 Å². The highest BCUT2D eigenvalue weighted by Gasteiger charge is 2.03. The Balaban J connectivity index is 0.00000128. The molecule has 2 aromatic heterocycles. The molecule has 0 aliphatic rings. The van der Waals surface area contributed by atoms with Crippen molar-refractivity contribution in [1.29, 1.82) is 0 Å². The van der Waals surface area contributed by atoms with Gasteiger partial charge in [0.1, 0.15) is 0 Å². The van der Waals surface area contributed by atoms with E-state index in [4.69, 9.17) is 0 Å². The fourth-order valence-corrected chi connectivity index (χ4v) is 1.83. The molecular formula is C11H11ClN2OS. The number of carbonyl (C=O) groups excluding carboxylic acids is 1. The average molecular weight is 255 g/mol. The molecule has 0 saturated carbocycles. The predicted molar refractivity (Wildman–Crippen MR) is 67.0 cm³/mol. The molecular weight excluding hydrogens is 244 g/mol. The summed E-state index contributed by atoms with van der Waals surface area (Å²) < 4.78 is 0. The van der Waals surface area contributed by atoms with Gasteiger partial charge in [0.15, 0.2) is 0 Å². The minimum absolute atomic E-state index is 0. The number of carbonyl (C=O) groups is 1. The second kappa shape index (κ2) is 6.25.